The number of fused-ring (bicyclic) bond motifs is 1. The summed E-state index contributed by atoms with van der Waals surface area (Å²) in [6.07, 6.45) is 0. The molecule has 0 spiro atoms. The summed E-state index contributed by atoms with van der Waals surface area (Å²) >= 11 is 3.32. The van der Waals surface area contributed by atoms with Crippen molar-refractivity contribution in [3.63, 3.8) is 0 Å². The maximum absolute atomic E-state index is 12.8. The van der Waals surface area contributed by atoms with Crippen LogP contribution in [0.3, 0.4) is 0 Å². The lowest BCUT2D eigenvalue weighted by molar-refractivity contribution is -0.478. The number of alkyl halides is 10. The molecule has 0 atom stereocenters. The van der Waals surface area contributed by atoms with Crippen molar-refractivity contribution in [2.24, 2.45) is 0 Å². The van der Waals surface area contributed by atoms with Crippen molar-refractivity contribution in [1.82, 2.24) is 0 Å². The van der Waals surface area contributed by atoms with Crippen molar-refractivity contribution < 1.29 is 35.1 Å². The maximum Gasteiger partial charge on any atom is 0.334 e. The second-order valence-corrected chi connectivity index (χ2v) is 5.99. The molecule has 0 saturated heterocycles. The van der Waals surface area contributed by atoms with E-state index >= 15 is 0 Å². The van der Waals surface area contributed by atoms with Gasteiger partial charge < -0.3 is 0 Å². The molecule has 16 heavy (non-hydrogen) atoms. The monoisotopic (exact) mass is 382 g/mol. The van der Waals surface area contributed by atoms with Gasteiger partial charge in [-0.3, -0.25) is 0 Å². The molecule has 0 unspecified atom stereocenters. The van der Waals surface area contributed by atoms with E-state index in [1.54, 1.807) is 31.9 Å². The summed E-state index contributed by atoms with van der Waals surface area (Å²) in [4.78, 5) is 0. The van der Waals surface area contributed by atoms with Gasteiger partial charge in [0.15, 0.2) is 8.65 Å². The van der Waals surface area contributed by atoms with Crippen LogP contribution in [0.15, 0.2) is 0 Å². The molecule has 2 fully saturated rings. The van der Waals surface area contributed by atoms with Gasteiger partial charge in [-0.2, -0.15) is 35.1 Å². The topological polar surface area (TPSA) is 0 Å². The van der Waals surface area contributed by atoms with Gasteiger partial charge in [0.05, 0.1) is 0 Å². The van der Waals surface area contributed by atoms with E-state index in [1.807, 2.05) is 0 Å². The van der Waals surface area contributed by atoms with E-state index < -0.39 is 32.3 Å². The molecule has 0 bridgehead atoms. The summed E-state index contributed by atoms with van der Waals surface area (Å²) in [6, 6.07) is 0. The second kappa shape index (κ2) is 2.41. The van der Waals surface area contributed by atoms with Crippen molar-refractivity contribution in [3.05, 3.63) is 0 Å². The van der Waals surface area contributed by atoms with Crippen LogP contribution in [0.5, 0.6) is 0 Å². The van der Waals surface area contributed by atoms with Gasteiger partial charge in [0.25, 0.3) is 0 Å². The van der Waals surface area contributed by atoms with E-state index in [2.05, 4.69) is 0 Å². The maximum atomic E-state index is 12.8. The normalized spacial score (nSPS) is 49.9. The van der Waals surface area contributed by atoms with Crippen LogP contribution in [0.4, 0.5) is 35.1 Å². The van der Waals surface area contributed by atoms with Crippen LogP contribution in [0.1, 0.15) is 0 Å². The third kappa shape index (κ3) is 0.643. The lowest BCUT2D eigenvalue weighted by Gasteiger charge is -2.74. The molecule has 0 radical (unpaired) electrons. The smallest absolute Gasteiger partial charge is 0.198 e. The molecule has 94 valence electrons. The average Bonchev–Trinajstić information content (AvgIpc) is 2.12. The Morgan fingerprint density at radius 3 is 0.688 bits per heavy atom. The Kier molecular flexibility index (Phi) is 1.94. The first-order valence-corrected chi connectivity index (χ1v) is 5.23. The zero-order valence-corrected chi connectivity index (χ0v) is 9.95. The quantitative estimate of drug-likeness (QED) is 0.440. The molecule has 2 rings (SSSR count). The lowest BCUT2D eigenvalue weighted by Crippen LogP contribution is -3.04. The van der Waals surface area contributed by atoms with E-state index in [1.165, 1.54) is 0 Å². The Hall–Kier alpha value is 0.400. The fourth-order valence-electron chi connectivity index (χ4n) is 2.00. The van der Waals surface area contributed by atoms with Crippen LogP contribution in [0.2, 0.25) is 0 Å². The molecule has 2 aliphatic rings. The number of hydrogen-bond donors (Lipinski definition) is 0. The Balaban J connectivity index is 2.67. The summed E-state index contributed by atoms with van der Waals surface area (Å²) in [5.74, 6) is -21.1. The molecule has 10 heteroatoms. The van der Waals surface area contributed by atoms with E-state index in [0.717, 1.165) is 0 Å². The number of rotatable bonds is 0. The zero-order chi connectivity index (χ0) is 13.0. The fraction of sp³-hybridized carbons (Fsp3) is 1.00. The minimum atomic E-state index is -5.27. The highest BCUT2D eigenvalue weighted by atomic mass is 79.9. The minimum Gasteiger partial charge on any atom is -0.198 e. The molecule has 0 aliphatic heterocycles. The van der Waals surface area contributed by atoms with Crippen LogP contribution < -0.4 is 0 Å². The van der Waals surface area contributed by atoms with Crippen molar-refractivity contribution in [2.45, 2.75) is 32.3 Å². The largest absolute Gasteiger partial charge is 0.334 e. The van der Waals surface area contributed by atoms with E-state index in [-0.39, 0.29) is 0 Å². The first-order valence-electron chi connectivity index (χ1n) is 3.64. The Morgan fingerprint density at radius 2 is 0.562 bits per heavy atom. The van der Waals surface area contributed by atoms with Gasteiger partial charge in [-0.15, -0.1) is 0 Å². The van der Waals surface area contributed by atoms with E-state index in [9.17, 15) is 35.1 Å². The third-order valence-corrected chi connectivity index (χ3v) is 6.71. The predicted octanol–water partition coefficient (Wildman–Crippen LogP) is 3.82. The highest BCUT2D eigenvalue weighted by molar-refractivity contribution is 9.13. The van der Waals surface area contributed by atoms with Crippen LogP contribution >= 0.6 is 31.9 Å². The van der Waals surface area contributed by atoms with Gasteiger partial charge in [0.2, 0.25) is 0 Å². The summed E-state index contributed by atoms with van der Waals surface area (Å²) in [7, 11) is 0. The van der Waals surface area contributed by atoms with Crippen molar-refractivity contribution in [2.75, 3.05) is 0 Å². The first kappa shape index (κ1) is 12.8. The van der Waals surface area contributed by atoms with Crippen LogP contribution in [-0.4, -0.2) is 32.3 Å². The molecule has 0 aromatic carbocycles. The summed E-state index contributed by atoms with van der Waals surface area (Å²) in [5.41, 5.74) is 0. The highest BCUT2D eigenvalue weighted by Gasteiger charge is 3.16. The second-order valence-electron chi connectivity index (χ2n) is 3.61. The van der Waals surface area contributed by atoms with Gasteiger partial charge >= 0.3 is 23.7 Å². The molecule has 0 N–H and O–H groups in total. The average molecular weight is 384 g/mol. The Morgan fingerprint density at radius 1 is 0.438 bits per heavy atom. The summed E-state index contributed by atoms with van der Waals surface area (Å²) in [5, 5.41) is 0. The molecule has 0 nitrogen and oxygen atoms in total. The van der Waals surface area contributed by atoms with E-state index in [4.69, 9.17) is 0 Å². The van der Waals surface area contributed by atoms with Crippen molar-refractivity contribution in [1.29, 1.82) is 0 Å². The van der Waals surface area contributed by atoms with Gasteiger partial charge in [-0.1, -0.05) is 31.9 Å². The third-order valence-electron chi connectivity index (χ3n) is 2.99. The highest BCUT2D eigenvalue weighted by Crippen LogP contribution is 2.88. The van der Waals surface area contributed by atoms with Gasteiger partial charge in [-0.25, -0.2) is 0 Å². The lowest BCUT2D eigenvalue weighted by atomic mass is 9.48. The minimum absolute atomic E-state index is 1.66. The molecule has 0 aromatic heterocycles. The van der Waals surface area contributed by atoms with Crippen molar-refractivity contribution in [3.8, 4) is 0 Å². The fourth-order valence-corrected chi connectivity index (χ4v) is 3.99. The van der Waals surface area contributed by atoms with Crippen LogP contribution in [0.25, 0.3) is 0 Å². The Bertz CT molecular complexity index is 311. The van der Waals surface area contributed by atoms with Gasteiger partial charge in [-0.05, 0) is 0 Å². The summed E-state index contributed by atoms with van der Waals surface area (Å²) in [6.45, 7) is 0. The molecule has 0 aromatic rings. The molecular formula is C6Br2F8. The van der Waals surface area contributed by atoms with Crippen molar-refractivity contribution >= 4 is 31.9 Å². The van der Waals surface area contributed by atoms with Crippen LogP contribution in [0, 0.1) is 0 Å². The molecular weight excluding hydrogens is 384 g/mol. The first-order chi connectivity index (χ1) is 6.75. The predicted molar refractivity (Wildman–Crippen MR) is 43.1 cm³/mol. The molecule has 2 saturated carbocycles. The van der Waals surface area contributed by atoms with Crippen LogP contribution in [-0.2, 0) is 0 Å². The molecule has 0 amide bonds. The van der Waals surface area contributed by atoms with E-state index in [0.29, 0.717) is 0 Å². The molecule has 2 aliphatic carbocycles. The Labute approximate surface area is 99.6 Å². The molecule has 0 heterocycles. The van der Waals surface area contributed by atoms with Gasteiger partial charge in [0.1, 0.15) is 0 Å². The standard InChI is InChI=1S/C6Br2F8/c7-1-2(8,5(13,14)3(1,9)10)6(15,16)4(1,11)12. The number of halogens is 10. The number of hydrogen-bond acceptors (Lipinski definition) is 0. The zero-order valence-electron chi connectivity index (χ0n) is 6.78. The summed E-state index contributed by atoms with van der Waals surface area (Å²) < 4.78 is 94.8. The SMILES string of the molecule is FC1(F)C(F)(F)C2(Br)C(F)(F)C(F)(F)C12Br. The van der Waals surface area contributed by atoms with Gasteiger partial charge in [0, 0.05) is 0 Å².